The van der Waals surface area contributed by atoms with Crippen LogP contribution < -0.4 is 24.4 Å². The van der Waals surface area contributed by atoms with Crippen molar-refractivity contribution in [3.63, 3.8) is 0 Å². The number of halogens is 3. The summed E-state index contributed by atoms with van der Waals surface area (Å²) in [6, 6.07) is 17.4. The van der Waals surface area contributed by atoms with Crippen LogP contribution in [0.3, 0.4) is 0 Å². The smallest absolute Gasteiger partial charge is 0.338 e. The molecule has 3 aromatic carbocycles. The molecule has 216 valence electrons. The van der Waals surface area contributed by atoms with E-state index < -0.39 is 12.0 Å². The molecule has 0 unspecified atom stereocenters. The van der Waals surface area contributed by atoms with Crippen molar-refractivity contribution in [1.29, 1.82) is 0 Å². The van der Waals surface area contributed by atoms with Crippen molar-refractivity contribution in [2.45, 2.75) is 26.5 Å². The lowest BCUT2D eigenvalue weighted by Gasteiger charge is -2.24. The number of fused-ring (bicyclic) bond motifs is 1. The van der Waals surface area contributed by atoms with E-state index in [-0.39, 0.29) is 18.8 Å². The molecule has 0 N–H and O–H groups in total. The number of methoxy groups -OCH3 is 1. The number of rotatable bonds is 8. The minimum absolute atomic E-state index is 0.197. The number of nitrogens with zero attached hydrogens (tertiary/aromatic N) is 2. The Morgan fingerprint density at radius 3 is 2.57 bits per heavy atom. The minimum atomic E-state index is -0.721. The fourth-order valence-electron chi connectivity index (χ4n) is 4.63. The van der Waals surface area contributed by atoms with Crippen molar-refractivity contribution in [2.75, 3.05) is 13.7 Å². The first-order chi connectivity index (χ1) is 20.2. The molecule has 0 spiro atoms. The zero-order chi connectivity index (χ0) is 30.0. The fraction of sp³-hybridized carbons (Fsp3) is 0.194. The van der Waals surface area contributed by atoms with Gasteiger partial charge in [-0.15, -0.1) is 0 Å². The Hall–Kier alpha value is -3.37. The molecule has 4 aromatic rings. The second kappa shape index (κ2) is 12.9. The molecule has 7 nitrogen and oxygen atoms in total. The molecule has 0 amide bonds. The first kappa shape index (κ1) is 30.1. The van der Waals surface area contributed by atoms with Gasteiger partial charge in [-0.25, -0.2) is 9.79 Å². The number of hydrogen-bond acceptors (Lipinski definition) is 7. The highest BCUT2D eigenvalue weighted by atomic mass is 79.9. The summed E-state index contributed by atoms with van der Waals surface area (Å²) in [5.41, 5.74) is 2.77. The van der Waals surface area contributed by atoms with Crippen LogP contribution in [0, 0.1) is 0 Å². The van der Waals surface area contributed by atoms with Gasteiger partial charge < -0.3 is 14.2 Å². The van der Waals surface area contributed by atoms with E-state index in [1.165, 1.54) is 15.9 Å². The number of esters is 1. The number of benzene rings is 3. The van der Waals surface area contributed by atoms with Crippen LogP contribution in [0.1, 0.15) is 36.6 Å². The van der Waals surface area contributed by atoms with Crippen molar-refractivity contribution in [2.24, 2.45) is 4.99 Å². The Morgan fingerprint density at radius 1 is 1.14 bits per heavy atom. The van der Waals surface area contributed by atoms with E-state index in [4.69, 9.17) is 37.4 Å². The summed E-state index contributed by atoms with van der Waals surface area (Å²) < 4.78 is 19.6. The first-order valence-electron chi connectivity index (χ1n) is 12.9. The van der Waals surface area contributed by atoms with Crippen LogP contribution >= 0.6 is 50.5 Å². The SMILES string of the molecule is CCOC(=O)C1=C(C)N=c2s/c(=C\c3cc(Br)c(OCc4ccccc4Cl)c(OC)c3)c(=O)n2[C@H]1c1ccc(Cl)cc1. The fourth-order valence-corrected chi connectivity index (χ4v) is 6.57. The van der Waals surface area contributed by atoms with Gasteiger partial charge in [-0.2, -0.15) is 0 Å². The average molecular weight is 688 g/mol. The van der Waals surface area contributed by atoms with E-state index >= 15 is 0 Å². The third-order valence-electron chi connectivity index (χ3n) is 6.58. The average Bonchev–Trinajstić information content (AvgIpc) is 3.26. The molecular weight excluding hydrogens is 663 g/mol. The quantitative estimate of drug-likeness (QED) is 0.199. The summed E-state index contributed by atoms with van der Waals surface area (Å²) in [5, 5.41) is 1.15. The van der Waals surface area contributed by atoms with Gasteiger partial charge in [-0.1, -0.05) is 64.9 Å². The maximum absolute atomic E-state index is 13.9. The van der Waals surface area contributed by atoms with Crippen LogP contribution in [-0.4, -0.2) is 24.3 Å². The summed E-state index contributed by atoms with van der Waals surface area (Å²) in [4.78, 5) is 32.1. The number of ether oxygens (including phenoxy) is 3. The summed E-state index contributed by atoms with van der Waals surface area (Å²) in [7, 11) is 1.55. The van der Waals surface area contributed by atoms with Crippen molar-refractivity contribution in [3.05, 3.63) is 123 Å². The summed E-state index contributed by atoms with van der Waals surface area (Å²) >= 11 is 17.2. The van der Waals surface area contributed by atoms with Gasteiger partial charge in [0, 0.05) is 15.6 Å². The van der Waals surface area contributed by atoms with Crippen LogP contribution in [0.25, 0.3) is 6.08 Å². The highest BCUT2D eigenvalue weighted by Gasteiger charge is 2.33. The van der Waals surface area contributed by atoms with Gasteiger partial charge in [0.15, 0.2) is 16.3 Å². The Labute approximate surface area is 264 Å². The molecule has 0 fully saturated rings. The van der Waals surface area contributed by atoms with Crippen molar-refractivity contribution >= 4 is 62.5 Å². The van der Waals surface area contributed by atoms with Crippen molar-refractivity contribution < 1.29 is 19.0 Å². The zero-order valence-electron chi connectivity index (χ0n) is 22.8. The third kappa shape index (κ3) is 6.06. The molecule has 0 aliphatic carbocycles. The van der Waals surface area contributed by atoms with E-state index in [1.54, 1.807) is 63.4 Å². The number of carbonyl (C=O) groups excluding carboxylic acids is 1. The highest BCUT2D eigenvalue weighted by Crippen LogP contribution is 2.38. The van der Waals surface area contributed by atoms with Gasteiger partial charge in [0.25, 0.3) is 5.56 Å². The van der Waals surface area contributed by atoms with Gasteiger partial charge in [-0.3, -0.25) is 9.36 Å². The number of aromatic nitrogens is 1. The minimum Gasteiger partial charge on any atom is -0.493 e. The number of hydrogen-bond donors (Lipinski definition) is 0. The van der Waals surface area contributed by atoms with E-state index in [0.29, 0.717) is 57.7 Å². The predicted molar refractivity (Wildman–Crippen MR) is 168 cm³/mol. The third-order valence-corrected chi connectivity index (χ3v) is 8.77. The van der Waals surface area contributed by atoms with Crippen LogP contribution in [-0.2, 0) is 16.1 Å². The second-order valence-electron chi connectivity index (χ2n) is 9.27. The lowest BCUT2D eigenvalue weighted by atomic mass is 9.96. The van der Waals surface area contributed by atoms with E-state index in [9.17, 15) is 9.59 Å². The van der Waals surface area contributed by atoms with Gasteiger partial charge in [-0.05, 0) is 77.3 Å². The second-order valence-corrected chi connectivity index (χ2v) is 12.0. The van der Waals surface area contributed by atoms with Gasteiger partial charge in [0.2, 0.25) is 0 Å². The standard InChI is InChI=1S/C31H25BrCl2N2O5S/c1-4-40-30(38)26-17(2)35-31-36(27(26)19-9-11-21(33)12-10-19)29(37)25(42-31)15-18-13-22(32)28(24(14-18)39-3)41-16-20-7-5-6-8-23(20)34/h5-15,27H,4,16H2,1-3H3/b25-15-/t27-/m0/s1. The van der Waals surface area contributed by atoms with E-state index in [0.717, 1.165) is 5.56 Å². The molecule has 2 heterocycles. The summed E-state index contributed by atoms with van der Waals surface area (Å²) in [6.45, 7) is 3.93. The Morgan fingerprint density at radius 2 is 1.88 bits per heavy atom. The molecule has 1 atom stereocenters. The van der Waals surface area contributed by atoms with Crippen molar-refractivity contribution in [3.8, 4) is 11.5 Å². The number of thiazole rings is 1. The molecule has 11 heteroatoms. The van der Waals surface area contributed by atoms with E-state index in [2.05, 4.69) is 20.9 Å². The molecule has 0 saturated heterocycles. The molecule has 0 bridgehead atoms. The van der Waals surface area contributed by atoms with Gasteiger partial charge in [0.05, 0.1) is 40.0 Å². The van der Waals surface area contributed by atoms with Gasteiger partial charge in [0.1, 0.15) is 6.61 Å². The molecule has 0 radical (unpaired) electrons. The molecule has 1 aliphatic rings. The first-order valence-corrected chi connectivity index (χ1v) is 15.3. The van der Waals surface area contributed by atoms with Crippen LogP contribution in [0.5, 0.6) is 11.5 Å². The maximum Gasteiger partial charge on any atom is 0.338 e. The number of allylic oxidation sites excluding steroid dienone is 1. The zero-order valence-corrected chi connectivity index (χ0v) is 26.7. The number of carbonyl (C=O) groups is 1. The Bertz CT molecular complexity index is 1880. The molecule has 5 rings (SSSR count). The highest BCUT2D eigenvalue weighted by molar-refractivity contribution is 9.10. The molecule has 42 heavy (non-hydrogen) atoms. The maximum atomic E-state index is 13.9. The van der Waals surface area contributed by atoms with Crippen molar-refractivity contribution in [1.82, 2.24) is 4.57 Å². The predicted octanol–water partition coefficient (Wildman–Crippen LogP) is 6.46. The topological polar surface area (TPSA) is 79.1 Å². The molecule has 0 saturated carbocycles. The molecule has 1 aliphatic heterocycles. The monoisotopic (exact) mass is 686 g/mol. The van der Waals surface area contributed by atoms with Crippen LogP contribution in [0.4, 0.5) is 0 Å². The summed E-state index contributed by atoms with van der Waals surface area (Å²) in [5.74, 6) is 0.470. The normalized spacial score (nSPS) is 14.8. The Kier molecular flexibility index (Phi) is 9.22. The van der Waals surface area contributed by atoms with Gasteiger partial charge >= 0.3 is 5.97 Å². The lowest BCUT2D eigenvalue weighted by Crippen LogP contribution is -2.39. The van der Waals surface area contributed by atoms with Crippen LogP contribution in [0.2, 0.25) is 10.0 Å². The largest absolute Gasteiger partial charge is 0.493 e. The van der Waals surface area contributed by atoms with E-state index in [1.807, 2.05) is 24.3 Å². The molecular formula is C31H25BrCl2N2O5S. The Balaban J connectivity index is 1.58. The molecule has 1 aromatic heterocycles. The summed E-state index contributed by atoms with van der Waals surface area (Å²) in [6.07, 6.45) is 1.76. The van der Waals surface area contributed by atoms with Crippen LogP contribution in [0.15, 0.2) is 86.2 Å². The lowest BCUT2D eigenvalue weighted by molar-refractivity contribution is -0.139.